The number of esters is 1. The summed E-state index contributed by atoms with van der Waals surface area (Å²) in [5.74, 6) is -1.44. The van der Waals surface area contributed by atoms with Gasteiger partial charge in [0.1, 0.15) is 5.52 Å². The minimum atomic E-state index is -4.82. The Morgan fingerprint density at radius 2 is 2.11 bits per heavy atom. The van der Waals surface area contributed by atoms with Crippen LogP contribution in [0.15, 0.2) is 18.2 Å². The van der Waals surface area contributed by atoms with Crippen LogP contribution in [-0.2, 0) is 4.74 Å². The summed E-state index contributed by atoms with van der Waals surface area (Å²) in [6, 6.07) is 3.93. The number of aromatic amines is 1. The standard InChI is InChI=1S/C10H7F3N2O3/c1-17-9(16)8-14-5-3-2-4-6(7(5)15-8)18-10(11,12)13/h2-4H,1H3,(H,14,15). The Balaban J connectivity index is 2.49. The third-order valence-electron chi connectivity index (χ3n) is 2.08. The molecule has 8 heteroatoms. The summed E-state index contributed by atoms with van der Waals surface area (Å²) in [6.45, 7) is 0. The zero-order chi connectivity index (χ0) is 13.3. The summed E-state index contributed by atoms with van der Waals surface area (Å²) in [4.78, 5) is 17.5. The first-order valence-corrected chi connectivity index (χ1v) is 4.73. The number of para-hydroxylation sites is 1. The Bertz CT molecular complexity index is 592. The third kappa shape index (κ3) is 2.36. The van der Waals surface area contributed by atoms with Gasteiger partial charge in [-0.05, 0) is 12.1 Å². The molecule has 96 valence electrons. The minimum absolute atomic E-state index is 0.0878. The number of nitrogens with one attached hydrogen (secondary N) is 1. The fourth-order valence-electron chi connectivity index (χ4n) is 1.41. The first-order chi connectivity index (χ1) is 8.40. The summed E-state index contributed by atoms with van der Waals surface area (Å²) < 4.78 is 44.7. The van der Waals surface area contributed by atoms with E-state index in [1.807, 2.05) is 0 Å². The Kier molecular flexibility index (Phi) is 2.85. The van der Waals surface area contributed by atoms with Crippen LogP contribution in [0.3, 0.4) is 0 Å². The van der Waals surface area contributed by atoms with Crippen molar-refractivity contribution >= 4 is 17.0 Å². The molecule has 1 heterocycles. The predicted molar refractivity (Wildman–Crippen MR) is 54.1 cm³/mol. The van der Waals surface area contributed by atoms with Crippen molar-refractivity contribution in [3.8, 4) is 5.75 Å². The van der Waals surface area contributed by atoms with Gasteiger partial charge in [0.05, 0.1) is 12.6 Å². The lowest BCUT2D eigenvalue weighted by Gasteiger charge is -2.08. The predicted octanol–water partition coefficient (Wildman–Crippen LogP) is 2.25. The van der Waals surface area contributed by atoms with Gasteiger partial charge in [-0.1, -0.05) is 6.07 Å². The zero-order valence-electron chi connectivity index (χ0n) is 9.04. The van der Waals surface area contributed by atoms with Gasteiger partial charge in [0, 0.05) is 0 Å². The number of nitrogens with zero attached hydrogens (tertiary/aromatic N) is 1. The quantitative estimate of drug-likeness (QED) is 0.841. The van der Waals surface area contributed by atoms with E-state index in [1.165, 1.54) is 12.1 Å². The molecule has 0 saturated carbocycles. The maximum Gasteiger partial charge on any atom is 0.573 e. The lowest BCUT2D eigenvalue weighted by atomic mass is 10.3. The largest absolute Gasteiger partial charge is 0.573 e. The number of ether oxygens (including phenoxy) is 2. The van der Waals surface area contributed by atoms with Crippen LogP contribution in [0.5, 0.6) is 5.75 Å². The lowest BCUT2D eigenvalue weighted by molar-refractivity contribution is -0.274. The topological polar surface area (TPSA) is 64.2 Å². The number of fused-ring (bicyclic) bond motifs is 1. The highest BCUT2D eigenvalue weighted by atomic mass is 19.4. The Morgan fingerprint density at radius 1 is 1.39 bits per heavy atom. The van der Waals surface area contributed by atoms with Gasteiger partial charge in [-0.15, -0.1) is 13.2 Å². The third-order valence-corrected chi connectivity index (χ3v) is 2.08. The molecule has 0 aliphatic rings. The van der Waals surface area contributed by atoms with Gasteiger partial charge in [-0.25, -0.2) is 9.78 Å². The molecule has 0 fully saturated rings. The van der Waals surface area contributed by atoms with Crippen molar-refractivity contribution in [1.29, 1.82) is 0 Å². The van der Waals surface area contributed by atoms with Crippen LogP contribution in [0, 0.1) is 0 Å². The Hall–Kier alpha value is -2.25. The molecule has 1 aromatic heterocycles. The van der Waals surface area contributed by atoms with Crippen LogP contribution < -0.4 is 4.74 Å². The van der Waals surface area contributed by atoms with E-state index in [1.54, 1.807) is 0 Å². The van der Waals surface area contributed by atoms with Crippen LogP contribution in [0.2, 0.25) is 0 Å². The second kappa shape index (κ2) is 4.21. The van der Waals surface area contributed by atoms with Crippen molar-refractivity contribution in [3.05, 3.63) is 24.0 Å². The fraction of sp³-hybridized carbons (Fsp3) is 0.200. The number of rotatable bonds is 2. The van der Waals surface area contributed by atoms with Crippen molar-refractivity contribution in [2.75, 3.05) is 7.11 Å². The molecule has 2 aromatic rings. The van der Waals surface area contributed by atoms with Crippen LogP contribution >= 0.6 is 0 Å². The molecule has 0 bridgehead atoms. The zero-order valence-corrected chi connectivity index (χ0v) is 9.04. The second-order valence-electron chi connectivity index (χ2n) is 3.28. The molecule has 0 atom stereocenters. The van der Waals surface area contributed by atoms with E-state index in [0.29, 0.717) is 0 Å². The number of benzene rings is 1. The normalized spacial score (nSPS) is 11.6. The van der Waals surface area contributed by atoms with E-state index in [9.17, 15) is 18.0 Å². The molecule has 1 N–H and O–H groups in total. The highest BCUT2D eigenvalue weighted by molar-refractivity contribution is 5.92. The number of hydrogen-bond donors (Lipinski definition) is 1. The Labute approximate surface area is 98.5 Å². The smallest absolute Gasteiger partial charge is 0.463 e. The average molecular weight is 260 g/mol. The molecule has 0 aliphatic heterocycles. The summed E-state index contributed by atoms with van der Waals surface area (Å²) in [5, 5.41) is 0. The van der Waals surface area contributed by atoms with E-state index < -0.39 is 18.1 Å². The molecule has 18 heavy (non-hydrogen) atoms. The number of hydrogen-bond acceptors (Lipinski definition) is 4. The van der Waals surface area contributed by atoms with Crippen molar-refractivity contribution in [1.82, 2.24) is 9.97 Å². The first kappa shape index (κ1) is 12.2. The number of halogens is 3. The van der Waals surface area contributed by atoms with Crippen LogP contribution in [0.1, 0.15) is 10.6 Å². The van der Waals surface area contributed by atoms with Gasteiger partial charge in [0.15, 0.2) is 5.75 Å². The summed E-state index contributed by atoms with van der Waals surface area (Å²) >= 11 is 0. The molecular weight excluding hydrogens is 253 g/mol. The number of imidazole rings is 1. The summed E-state index contributed by atoms with van der Waals surface area (Å²) in [7, 11) is 1.14. The molecule has 0 amide bonds. The molecule has 0 spiro atoms. The van der Waals surface area contributed by atoms with Crippen LogP contribution in [0.25, 0.3) is 11.0 Å². The molecule has 0 saturated heterocycles. The second-order valence-corrected chi connectivity index (χ2v) is 3.28. The summed E-state index contributed by atoms with van der Waals surface area (Å²) in [6.07, 6.45) is -4.82. The summed E-state index contributed by atoms with van der Waals surface area (Å²) in [5.41, 5.74) is 0.160. The van der Waals surface area contributed by atoms with E-state index in [2.05, 4.69) is 19.4 Å². The number of carbonyl (C=O) groups is 1. The van der Waals surface area contributed by atoms with E-state index in [4.69, 9.17) is 0 Å². The van der Waals surface area contributed by atoms with Gasteiger partial charge in [-0.3, -0.25) is 0 Å². The van der Waals surface area contributed by atoms with Gasteiger partial charge >= 0.3 is 12.3 Å². The molecule has 0 aliphatic carbocycles. The minimum Gasteiger partial charge on any atom is -0.463 e. The number of carbonyl (C=O) groups excluding carboxylic acids is 1. The highest BCUT2D eigenvalue weighted by Gasteiger charge is 2.32. The van der Waals surface area contributed by atoms with Gasteiger partial charge < -0.3 is 14.5 Å². The average Bonchev–Trinajstić information content (AvgIpc) is 2.71. The van der Waals surface area contributed by atoms with Crippen LogP contribution in [-0.4, -0.2) is 29.4 Å². The Morgan fingerprint density at radius 3 is 2.72 bits per heavy atom. The van der Waals surface area contributed by atoms with E-state index in [0.717, 1.165) is 13.2 Å². The number of methoxy groups -OCH3 is 1. The number of H-pyrrole nitrogens is 1. The molecular formula is C10H7F3N2O3. The lowest BCUT2D eigenvalue weighted by Crippen LogP contribution is -2.17. The van der Waals surface area contributed by atoms with Crippen molar-refractivity contribution in [3.63, 3.8) is 0 Å². The maximum absolute atomic E-state index is 12.1. The highest BCUT2D eigenvalue weighted by Crippen LogP contribution is 2.29. The van der Waals surface area contributed by atoms with Crippen molar-refractivity contribution < 1.29 is 27.4 Å². The SMILES string of the molecule is COC(=O)c1nc2c(OC(F)(F)F)cccc2[nH]1. The van der Waals surface area contributed by atoms with Gasteiger partial charge in [0.25, 0.3) is 0 Å². The molecule has 5 nitrogen and oxygen atoms in total. The van der Waals surface area contributed by atoms with Gasteiger partial charge in [-0.2, -0.15) is 0 Å². The van der Waals surface area contributed by atoms with E-state index in [-0.39, 0.29) is 16.9 Å². The maximum atomic E-state index is 12.1. The van der Waals surface area contributed by atoms with Crippen molar-refractivity contribution in [2.45, 2.75) is 6.36 Å². The first-order valence-electron chi connectivity index (χ1n) is 4.73. The van der Waals surface area contributed by atoms with E-state index >= 15 is 0 Å². The molecule has 1 aromatic carbocycles. The van der Waals surface area contributed by atoms with Crippen LogP contribution in [0.4, 0.5) is 13.2 Å². The molecule has 0 radical (unpaired) electrons. The number of alkyl halides is 3. The van der Waals surface area contributed by atoms with Gasteiger partial charge in [0.2, 0.25) is 5.82 Å². The van der Waals surface area contributed by atoms with Crippen molar-refractivity contribution in [2.24, 2.45) is 0 Å². The molecule has 0 unspecified atom stereocenters. The molecule has 2 rings (SSSR count). The number of aromatic nitrogens is 2. The fourth-order valence-corrected chi connectivity index (χ4v) is 1.41. The monoisotopic (exact) mass is 260 g/mol.